The minimum Gasteiger partial charge on any atom is -0.492 e. The van der Waals surface area contributed by atoms with Crippen LogP contribution in [0.1, 0.15) is 19.8 Å². The third-order valence-electron chi connectivity index (χ3n) is 2.66. The normalized spacial score (nSPS) is 12.0. The van der Waals surface area contributed by atoms with Crippen molar-refractivity contribution >= 4 is 29.1 Å². The molecule has 0 aliphatic carbocycles. The molecule has 4 nitrogen and oxygen atoms in total. The van der Waals surface area contributed by atoms with Gasteiger partial charge in [0.2, 0.25) is 5.91 Å². The van der Waals surface area contributed by atoms with E-state index >= 15 is 0 Å². The number of nitrogens with one attached hydrogen (secondary N) is 1. The van der Waals surface area contributed by atoms with Crippen molar-refractivity contribution in [3.63, 3.8) is 0 Å². The predicted molar refractivity (Wildman–Crippen MR) is 80.5 cm³/mol. The maximum atomic E-state index is 11.5. The third kappa shape index (κ3) is 6.46. The second kappa shape index (κ2) is 9.06. The van der Waals surface area contributed by atoms with Gasteiger partial charge in [-0.3, -0.25) is 4.79 Å². The van der Waals surface area contributed by atoms with Gasteiger partial charge in [-0.05, 0) is 30.5 Å². The van der Waals surface area contributed by atoms with E-state index < -0.39 is 0 Å². The Morgan fingerprint density at radius 1 is 1.45 bits per heavy atom. The van der Waals surface area contributed by atoms with E-state index in [1.165, 1.54) is 0 Å². The number of halogens is 2. The molecule has 0 spiro atoms. The second-order valence-corrected chi connectivity index (χ2v) is 5.46. The average Bonchev–Trinajstić information content (AvgIpc) is 2.42. The first kappa shape index (κ1) is 17.1. The summed E-state index contributed by atoms with van der Waals surface area (Å²) >= 11 is 11.7. The van der Waals surface area contributed by atoms with Gasteiger partial charge in [0, 0.05) is 24.6 Å². The zero-order valence-corrected chi connectivity index (χ0v) is 12.9. The van der Waals surface area contributed by atoms with Gasteiger partial charge >= 0.3 is 0 Å². The highest BCUT2D eigenvalue weighted by Gasteiger charge is 2.06. The molecule has 112 valence electrons. The summed E-state index contributed by atoms with van der Waals surface area (Å²) < 4.78 is 5.48. The Bertz CT molecular complexity index is 440. The standard InChI is InChI=1S/C14H19Cl2NO3/c1-10(9-18)8-17-14(19)3-2-6-20-13-5-4-11(15)7-12(13)16/h4-5,7,10,18H,2-3,6,8-9H2,1H3,(H,17,19). The SMILES string of the molecule is CC(CO)CNC(=O)CCCOc1ccc(Cl)cc1Cl. The zero-order valence-electron chi connectivity index (χ0n) is 11.4. The van der Waals surface area contributed by atoms with E-state index in [9.17, 15) is 4.79 Å². The van der Waals surface area contributed by atoms with Gasteiger partial charge in [-0.25, -0.2) is 0 Å². The molecule has 0 fully saturated rings. The van der Waals surface area contributed by atoms with E-state index in [0.29, 0.717) is 41.8 Å². The molecule has 0 aliphatic heterocycles. The molecular weight excluding hydrogens is 301 g/mol. The molecule has 0 heterocycles. The Balaban J connectivity index is 2.19. The molecule has 1 aromatic carbocycles. The van der Waals surface area contributed by atoms with Crippen LogP contribution in [0, 0.1) is 5.92 Å². The summed E-state index contributed by atoms with van der Waals surface area (Å²) in [5, 5.41) is 12.6. The van der Waals surface area contributed by atoms with Gasteiger partial charge in [0.05, 0.1) is 11.6 Å². The number of hydrogen-bond donors (Lipinski definition) is 2. The summed E-state index contributed by atoms with van der Waals surface area (Å²) in [4.78, 5) is 11.5. The van der Waals surface area contributed by atoms with Crippen LogP contribution in [0.4, 0.5) is 0 Å². The molecule has 0 radical (unpaired) electrons. The lowest BCUT2D eigenvalue weighted by Crippen LogP contribution is -2.29. The number of carbonyl (C=O) groups is 1. The topological polar surface area (TPSA) is 58.6 Å². The van der Waals surface area contributed by atoms with E-state index in [2.05, 4.69) is 5.32 Å². The molecule has 6 heteroatoms. The van der Waals surface area contributed by atoms with Crippen molar-refractivity contribution in [2.75, 3.05) is 19.8 Å². The highest BCUT2D eigenvalue weighted by Crippen LogP contribution is 2.27. The number of benzene rings is 1. The minimum absolute atomic E-state index is 0.0453. The first-order valence-electron chi connectivity index (χ1n) is 6.48. The molecule has 0 aliphatic rings. The fraction of sp³-hybridized carbons (Fsp3) is 0.500. The zero-order chi connectivity index (χ0) is 15.0. The molecular formula is C14H19Cl2NO3. The summed E-state index contributed by atoms with van der Waals surface area (Å²) in [5.41, 5.74) is 0. The summed E-state index contributed by atoms with van der Waals surface area (Å²) in [6.07, 6.45) is 0.974. The fourth-order valence-corrected chi connectivity index (χ4v) is 1.91. The Kier molecular flexibility index (Phi) is 7.73. The minimum atomic E-state index is -0.0453. The van der Waals surface area contributed by atoms with Crippen LogP contribution < -0.4 is 10.1 Å². The van der Waals surface area contributed by atoms with Gasteiger partial charge in [0.1, 0.15) is 5.75 Å². The van der Waals surface area contributed by atoms with Crippen molar-refractivity contribution in [2.45, 2.75) is 19.8 Å². The van der Waals surface area contributed by atoms with Gasteiger partial charge in [0.15, 0.2) is 0 Å². The molecule has 2 N–H and O–H groups in total. The lowest BCUT2D eigenvalue weighted by atomic mass is 10.2. The van der Waals surface area contributed by atoms with Crippen molar-refractivity contribution in [3.8, 4) is 5.75 Å². The quantitative estimate of drug-likeness (QED) is 0.724. The molecule has 1 unspecified atom stereocenters. The Labute approximate surface area is 129 Å². The smallest absolute Gasteiger partial charge is 0.220 e. The van der Waals surface area contributed by atoms with Crippen LogP contribution in [0.3, 0.4) is 0 Å². The first-order valence-corrected chi connectivity index (χ1v) is 7.24. The number of aliphatic hydroxyl groups excluding tert-OH is 1. The number of amides is 1. The number of hydrogen-bond acceptors (Lipinski definition) is 3. The predicted octanol–water partition coefficient (Wildman–Crippen LogP) is 2.90. The Morgan fingerprint density at radius 3 is 2.85 bits per heavy atom. The number of rotatable bonds is 8. The largest absolute Gasteiger partial charge is 0.492 e. The monoisotopic (exact) mass is 319 g/mol. The van der Waals surface area contributed by atoms with Crippen LogP contribution in [-0.4, -0.2) is 30.8 Å². The molecule has 1 rings (SSSR count). The van der Waals surface area contributed by atoms with Crippen molar-refractivity contribution < 1.29 is 14.6 Å². The van der Waals surface area contributed by atoms with Crippen LogP contribution in [0.25, 0.3) is 0 Å². The van der Waals surface area contributed by atoms with Crippen molar-refractivity contribution in [1.82, 2.24) is 5.32 Å². The maximum absolute atomic E-state index is 11.5. The summed E-state index contributed by atoms with van der Waals surface area (Å²) in [7, 11) is 0. The molecule has 0 saturated carbocycles. The van der Waals surface area contributed by atoms with Gasteiger partial charge < -0.3 is 15.2 Å². The van der Waals surface area contributed by atoms with E-state index in [4.69, 9.17) is 33.0 Å². The lowest BCUT2D eigenvalue weighted by molar-refractivity contribution is -0.121. The molecule has 1 aromatic rings. The van der Waals surface area contributed by atoms with Crippen molar-refractivity contribution in [3.05, 3.63) is 28.2 Å². The third-order valence-corrected chi connectivity index (χ3v) is 3.19. The number of ether oxygens (including phenoxy) is 1. The summed E-state index contributed by atoms with van der Waals surface area (Å²) in [5.74, 6) is 0.588. The summed E-state index contributed by atoms with van der Waals surface area (Å²) in [6, 6.07) is 5.01. The average molecular weight is 320 g/mol. The van der Waals surface area contributed by atoms with Crippen LogP contribution >= 0.6 is 23.2 Å². The van der Waals surface area contributed by atoms with E-state index in [1.54, 1.807) is 18.2 Å². The van der Waals surface area contributed by atoms with E-state index in [0.717, 1.165) is 0 Å². The molecule has 1 amide bonds. The molecule has 1 atom stereocenters. The maximum Gasteiger partial charge on any atom is 0.220 e. The van der Waals surface area contributed by atoms with Gasteiger partial charge in [-0.1, -0.05) is 30.1 Å². The van der Waals surface area contributed by atoms with Gasteiger partial charge in [-0.2, -0.15) is 0 Å². The van der Waals surface area contributed by atoms with Crippen molar-refractivity contribution in [2.24, 2.45) is 5.92 Å². The number of aliphatic hydroxyl groups is 1. The molecule has 0 bridgehead atoms. The lowest BCUT2D eigenvalue weighted by Gasteiger charge is -2.10. The van der Waals surface area contributed by atoms with Crippen LogP contribution in [0.2, 0.25) is 10.0 Å². The number of carbonyl (C=O) groups excluding carboxylic acids is 1. The first-order chi connectivity index (χ1) is 9.52. The second-order valence-electron chi connectivity index (χ2n) is 4.62. The Morgan fingerprint density at radius 2 is 2.20 bits per heavy atom. The molecule has 20 heavy (non-hydrogen) atoms. The summed E-state index contributed by atoms with van der Waals surface area (Å²) in [6.45, 7) is 2.83. The fourth-order valence-electron chi connectivity index (χ4n) is 1.45. The van der Waals surface area contributed by atoms with Crippen LogP contribution in [-0.2, 0) is 4.79 Å². The van der Waals surface area contributed by atoms with Crippen LogP contribution in [0.5, 0.6) is 5.75 Å². The highest BCUT2D eigenvalue weighted by molar-refractivity contribution is 6.35. The highest BCUT2D eigenvalue weighted by atomic mass is 35.5. The Hall–Kier alpha value is -0.970. The molecule has 0 aromatic heterocycles. The van der Waals surface area contributed by atoms with Gasteiger partial charge in [0.25, 0.3) is 0 Å². The van der Waals surface area contributed by atoms with Gasteiger partial charge in [-0.15, -0.1) is 0 Å². The molecule has 0 saturated heterocycles. The van der Waals surface area contributed by atoms with Crippen LogP contribution in [0.15, 0.2) is 18.2 Å². The van der Waals surface area contributed by atoms with Crippen molar-refractivity contribution in [1.29, 1.82) is 0 Å². The van der Waals surface area contributed by atoms with E-state index in [-0.39, 0.29) is 18.4 Å². The van der Waals surface area contributed by atoms with E-state index in [1.807, 2.05) is 6.92 Å².